The third-order valence-corrected chi connectivity index (χ3v) is 11.2. The topological polar surface area (TPSA) is 78.9 Å². The van der Waals surface area contributed by atoms with Crippen molar-refractivity contribution in [2.45, 2.75) is 245 Å². The van der Waals surface area contributed by atoms with E-state index in [9.17, 15) is 14.4 Å². The van der Waals surface area contributed by atoms with Crippen LogP contribution in [0.3, 0.4) is 0 Å². The van der Waals surface area contributed by atoms with Crippen molar-refractivity contribution < 1.29 is 28.6 Å². The first-order valence-corrected chi connectivity index (χ1v) is 26.8. The molecule has 0 aromatic rings. The van der Waals surface area contributed by atoms with Crippen LogP contribution in [0.2, 0.25) is 0 Å². The van der Waals surface area contributed by atoms with E-state index in [2.05, 4.69) is 118 Å². The third-order valence-electron chi connectivity index (χ3n) is 11.2. The van der Waals surface area contributed by atoms with Gasteiger partial charge in [-0.05, 0) is 89.9 Å². The highest BCUT2D eigenvalue weighted by Gasteiger charge is 2.19. The van der Waals surface area contributed by atoms with Crippen molar-refractivity contribution in [3.8, 4) is 0 Å². The number of unbranched alkanes of at least 4 members (excludes halogenated alkanes) is 25. The molecule has 0 rings (SSSR count). The largest absolute Gasteiger partial charge is 0.462 e. The van der Waals surface area contributed by atoms with E-state index in [0.29, 0.717) is 12.8 Å². The van der Waals surface area contributed by atoms with Gasteiger partial charge in [-0.15, -0.1) is 0 Å². The van der Waals surface area contributed by atoms with Crippen LogP contribution in [0.5, 0.6) is 0 Å². The van der Waals surface area contributed by atoms with Gasteiger partial charge in [0.25, 0.3) is 0 Å². The van der Waals surface area contributed by atoms with Crippen LogP contribution in [0.1, 0.15) is 239 Å². The monoisotopic (exact) mass is 903 g/mol. The fraction of sp³-hybridized carbons (Fsp3) is 0.678. The normalized spacial score (nSPS) is 12.8. The van der Waals surface area contributed by atoms with E-state index in [1.807, 2.05) is 0 Å². The molecule has 0 amide bonds. The summed E-state index contributed by atoms with van der Waals surface area (Å²) in [5.41, 5.74) is 0. The molecular formula is C59H98O6. The minimum absolute atomic E-state index is 0.107. The lowest BCUT2D eigenvalue weighted by atomic mass is 10.1. The van der Waals surface area contributed by atoms with E-state index in [4.69, 9.17) is 14.2 Å². The van der Waals surface area contributed by atoms with E-state index < -0.39 is 6.10 Å². The molecule has 0 radical (unpaired) electrons. The van der Waals surface area contributed by atoms with Crippen LogP contribution in [0, 0.1) is 0 Å². The highest BCUT2D eigenvalue weighted by molar-refractivity contribution is 5.71. The van der Waals surface area contributed by atoms with Gasteiger partial charge in [0.2, 0.25) is 0 Å². The number of hydrogen-bond acceptors (Lipinski definition) is 6. The molecule has 0 heterocycles. The van der Waals surface area contributed by atoms with Gasteiger partial charge in [-0.1, -0.05) is 227 Å². The van der Waals surface area contributed by atoms with Gasteiger partial charge in [0, 0.05) is 19.3 Å². The van der Waals surface area contributed by atoms with Crippen LogP contribution >= 0.6 is 0 Å². The van der Waals surface area contributed by atoms with Gasteiger partial charge in [-0.25, -0.2) is 0 Å². The molecule has 370 valence electrons. The zero-order valence-electron chi connectivity index (χ0n) is 42.2. The molecule has 65 heavy (non-hydrogen) atoms. The number of allylic oxidation sites excluding steroid dienone is 16. The van der Waals surface area contributed by atoms with Crippen molar-refractivity contribution in [2.24, 2.45) is 0 Å². The molecule has 0 aliphatic rings. The van der Waals surface area contributed by atoms with Gasteiger partial charge >= 0.3 is 17.9 Å². The Labute approximate surface area is 400 Å². The van der Waals surface area contributed by atoms with E-state index in [0.717, 1.165) is 122 Å². The Morgan fingerprint density at radius 2 is 0.600 bits per heavy atom. The lowest BCUT2D eigenvalue weighted by molar-refractivity contribution is -0.167. The highest BCUT2D eigenvalue weighted by atomic mass is 16.6. The second kappa shape index (κ2) is 52.9. The summed E-state index contributed by atoms with van der Waals surface area (Å²) >= 11 is 0. The van der Waals surface area contributed by atoms with Crippen LogP contribution in [-0.4, -0.2) is 37.2 Å². The predicted octanol–water partition coefficient (Wildman–Crippen LogP) is 17.8. The van der Waals surface area contributed by atoms with E-state index in [-0.39, 0.29) is 37.5 Å². The zero-order valence-corrected chi connectivity index (χ0v) is 42.2. The number of rotatable bonds is 47. The lowest BCUT2D eigenvalue weighted by Gasteiger charge is -2.18. The average Bonchev–Trinajstić information content (AvgIpc) is 3.30. The minimum atomic E-state index is -0.809. The van der Waals surface area contributed by atoms with Crippen molar-refractivity contribution in [1.82, 2.24) is 0 Å². The summed E-state index contributed by atoms with van der Waals surface area (Å²) in [6, 6.07) is 0. The molecule has 0 N–H and O–H groups in total. The van der Waals surface area contributed by atoms with Gasteiger partial charge in [-0.3, -0.25) is 14.4 Å². The predicted molar refractivity (Wildman–Crippen MR) is 279 cm³/mol. The standard InChI is InChI=1S/C59H98O6/c1-4-7-10-13-16-19-22-25-27-29-30-32-34-37-40-43-46-49-52-58(61)64-55-56(54-63-57(60)51-48-45-42-39-36-33-24-21-18-15-12-9-6-3)65-59(62)53-50-47-44-41-38-35-31-28-26-23-20-17-14-11-8-5-2/h9,12,15,18,21-22,24-25,27-32,35,38,56H,4-8,10-11,13-14,16-17,19-20,23,26,33-34,36-37,39-55H2,1-3H3/b12-9-,18-15-,24-21-,25-22-,29-27-,31-28-,32-30-,38-35-. The Morgan fingerprint density at radius 3 is 0.954 bits per heavy atom. The summed E-state index contributed by atoms with van der Waals surface area (Å²) < 4.78 is 16.8. The molecule has 1 unspecified atom stereocenters. The van der Waals surface area contributed by atoms with Crippen molar-refractivity contribution in [3.05, 3.63) is 97.2 Å². The maximum atomic E-state index is 12.8. The summed E-state index contributed by atoms with van der Waals surface area (Å²) in [7, 11) is 0. The molecule has 0 saturated carbocycles. The quantitative estimate of drug-likeness (QED) is 0.0262. The molecule has 0 fully saturated rings. The maximum absolute atomic E-state index is 12.8. The molecule has 0 bridgehead atoms. The second-order valence-electron chi connectivity index (χ2n) is 17.5. The summed E-state index contributed by atoms with van der Waals surface area (Å²) in [6.07, 6.45) is 69.6. The summed E-state index contributed by atoms with van der Waals surface area (Å²) in [4.78, 5) is 38.0. The first kappa shape index (κ1) is 61.3. The molecule has 0 saturated heterocycles. The Morgan fingerprint density at radius 1 is 0.323 bits per heavy atom. The van der Waals surface area contributed by atoms with Gasteiger partial charge in [0.05, 0.1) is 0 Å². The van der Waals surface area contributed by atoms with Crippen molar-refractivity contribution in [3.63, 3.8) is 0 Å². The van der Waals surface area contributed by atoms with Crippen LogP contribution in [0.25, 0.3) is 0 Å². The average molecular weight is 903 g/mol. The number of ether oxygens (including phenoxy) is 3. The SMILES string of the molecule is CC\C=C/C=C\C=C/CCCCCCCC(=O)OCC(COC(=O)CCCCCCC\C=C/C=C\C=C/CCCCCCC)OC(=O)CCCCC/C=C\C=C/CCCCCCCCC. The van der Waals surface area contributed by atoms with Crippen molar-refractivity contribution in [2.75, 3.05) is 13.2 Å². The third kappa shape index (κ3) is 51.2. The van der Waals surface area contributed by atoms with Gasteiger partial charge in [0.1, 0.15) is 13.2 Å². The fourth-order valence-corrected chi connectivity index (χ4v) is 7.14. The molecule has 1 atom stereocenters. The Hall–Kier alpha value is -3.67. The molecule has 0 spiro atoms. The van der Waals surface area contributed by atoms with Crippen LogP contribution in [-0.2, 0) is 28.6 Å². The molecule has 6 nitrogen and oxygen atoms in total. The maximum Gasteiger partial charge on any atom is 0.306 e. The Kier molecular flexibility index (Phi) is 50.0. The zero-order chi connectivity index (χ0) is 47.2. The van der Waals surface area contributed by atoms with E-state index in [1.54, 1.807) is 0 Å². The Balaban J connectivity index is 4.50. The van der Waals surface area contributed by atoms with Crippen LogP contribution in [0.4, 0.5) is 0 Å². The van der Waals surface area contributed by atoms with Crippen molar-refractivity contribution >= 4 is 17.9 Å². The van der Waals surface area contributed by atoms with E-state index >= 15 is 0 Å². The van der Waals surface area contributed by atoms with Crippen LogP contribution < -0.4 is 0 Å². The number of carbonyl (C=O) groups excluding carboxylic acids is 3. The second-order valence-corrected chi connectivity index (χ2v) is 17.5. The smallest absolute Gasteiger partial charge is 0.306 e. The molecule has 0 aromatic carbocycles. The first-order chi connectivity index (χ1) is 32.0. The molecule has 0 aliphatic carbocycles. The molecular weight excluding hydrogens is 805 g/mol. The lowest BCUT2D eigenvalue weighted by Crippen LogP contribution is -2.30. The number of hydrogen-bond donors (Lipinski definition) is 0. The molecule has 0 aliphatic heterocycles. The minimum Gasteiger partial charge on any atom is -0.462 e. The molecule has 0 aromatic heterocycles. The fourth-order valence-electron chi connectivity index (χ4n) is 7.14. The van der Waals surface area contributed by atoms with E-state index in [1.165, 1.54) is 77.0 Å². The van der Waals surface area contributed by atoms with Gasteiger partial charge in [-0.2, -0.15) is 0 Å². The summed E-state index contributed by atoms with van der Waals surface area (Å²) in [5, 5.41) is 0. The van der Waals surface area contributed by atoms with Gasteiger partial charge < -0.3 is 14.2 Å². The number of carbonyl (C=O) groups is 3. The first-order valence-electron chi connectivity index (χ1n) is 26.8. The van der Waals surface area contributed by atoms with Crippen LogP contribution in [0.15, 0.2) is 97.2 Å². The van der Waals surface area contributed by atoms with Crippen molar-refractivity contribution in [1.29, 1.82) is 0 Å². The van der Waals surface area contributed by atoms with Gasteiger partial charge in [0.15, 0.2) is 6.10 Å². The summed E-state index contributed by atoms with van der Waals surface area (Å²) in [5.74, 6) is -0.974. The Bertz CT molecular complexity index is 1310. The molecule has 6 heteroatoms. The summed E-state index contributed by atoms with van der Waals surface area (Å²) in [6.45, 7) is 6.42. The highest BCUT2D eigenvalue weighted by Crippen LogP contribution is 2.13. The number of esters is 3.